The maximum absolute atomic E-state index is 5.47. The maximum atomic E-state index is 5.47. The van der Waals surface area contributed by atoms with Gasteiger partial charge in [-0.05, 0) is 13.3 Å². The summed E-state index contributed by atoms with van der Waals surface area (Å²) in [5.74, 6) is 2.66. The molecule has 1 saturated heterocycles. The monoisotopic (exact) mass is 153 g/mol. The zero-order chi connectivity index (χ0) is 8.10. The summed E-state index contributed by atoms with van der Waals surface area (Å²) in [5, 5.41) is 0. The van der Waals surface area contributed by atoms with Crippen LogP contribution in [0.2, 0.25) is 0 Å². The van der Waals surface area contributed by atoms with Gasteiger partial charge in [0.2, 0.25) is 0 Å². The molecule has 1 aliphatic rings. The second-order valence-corrected chi connectivity index (χ2v) is 2.97. The Balaban J connectivity index is 2.34. The molecule has 0 spiro atoms. The van der Waals surface area contributed by atoms with E-state index in [4.69, 9.17) is 11.2 Å². The smallest absolute Gasteiger partial charge is 0.0674 e. The van der Waals surface area contributed by atoms with Crippen LogP contribution in [-0.4, -0.2) is 37.2 Å². The molecule has 0 bridgehead atoms. The molecule has 0 radical (unpaired) electrons. The van der Waals surface area contributed by atoms with Gasteiger partial charge in [0.25, 0.3) is 0 Å². The molecule has 1 unspecified atom stereocenters. The van der Waals surface area contributed by atoms with Crippen molar-refractivity contribution in [2.75, 3.05) is 26.2 Å². The molecule has 62 valence electrons. The van der Waals surface area contributed by atoms with E-state index in [-0.39, 0.29) is 0 Å². The maximum Gasteiger partial charge on any atom is 0.0674 e. The predicted octanol–water partition coefficient (Wildman–Crippen LogP) is 0.730. The van der Waals surface area contributed by atoms with Gasteiger partial charge in [0.05, 0.1) is 12.6 Å². The molecule has 0 saturated carbocycles. The van der Waals surface area contributed by atoms with E-state index < -0.39 is 0 Å². The number of ether oxygens (including phenoxy) is 1. The molecule has 2 nitrogen and oxygen atoms in total. The number of terminal acetylenes is 1. The summed E-state index contributed by atoms with van der Waals surface area (Å²) in [7, 11) is 0. The fraction of sp³-hybridized carbons (Fsp3) is 0.778. The Morgan fingerprint density at radius 3 is 3.27 bits per heavy atom. The van der Waals surface area contributed by atoms with Gasteiger partial charge in [-0.15, -0.1) is 6.42 Å². The zero-order valence-corrected chi connectivity index (χ0v) is 7.05. The van der Waals surface area contributed by atoms with Crippen LogP contribution in [-0.2, 0) is 4.74 Å². The van der Waals surface area contributed by atoms with E-state index >= 15 is 0 Å². The first-order chi connectivity index (χ1) is 5.33. The van der Waals surface area contributed by atoms with E-state index in [2.05, 4.69) is 17.7 Å². The lowest BCUT2D eigenvalue weighted by atomic mass is 10.3. The predicted molar refractivity (Wildman–Crippen MR) is 45.3 cm³/mol. The fourth-order valence-corrected chi connectivity index (χ4v) is 1.35. The van der Waals surface area contributed by atoms with Gasteiger partial charge in [-0.2, -0.15) is 0 Å². The molecule has 0 aromatic carbocycles. The molecule has 1 heterocycles. The second kappa shape index (κ2) is 4.38. The lowest BCUT2D eigenvalue weighted by Gasteiger charge is -2.18. The zero-order valence-electron chi connectivity index (χ0n) is 7.05. The van der Waals surface area contributed by atoms with E-state index in [1.807, 2.05) is 0 Å². The minimum atomic E-state index is 0.339. The van der Waals surface area contributed by atoms with Gasteiger partial charge < -0.3 is 4.74 Å². The first-order valence-corrected chi connectivity index (χ1v) is 4.10. The first kappa shape index (κ1) is 8.58. The SMILES string of the molecule is C#CCN1CCCOC(C)C1. The largest absolute Gasteiger partial charge is 0.377 e. The van der Waals surface area contributed by atoms with Gasteiger partial charge in [0, 0.05) is 19.7 Å². The quantitative estimate of drug-likeness (QED) is 0.515. The molecule has 2 heteroatoms. The van der Waals surface area contributed by atoms with Gasteiger partial charge in [-0.25, -0.2) is 0 Å². The third kappa shape index (κ3) is 2.92. The van der Waals surface area contributed by atoms with E-state index in [1.165, 1.54) is 0 Å². The molecule has 0 amide bonds. The van der Waals surface area contributed by atoms with Crippen molar-refractivity contribution in [1.82, 2.24) is 4.90 Å². The summed E-state index contributed by atoms with van der Waals surface area (Å²) >= 11 is 0. The highest BCUT2D eigenvalue weighted by molar-refractivity contribution is 4.88. The third-order valence-electron chi connectivity index (χ3n) is 1.85. The van der Waals surface area contributed by atoms with Crippen molar-refractivity contribution in [2.24, 2.45) is 0 Å². The van der Waals surface area contributed by atoms with Gasteiger partial charge >= 0.3 is 0 Å². The van der Waals surface area contributed by atoms with Crippen molar-refractivity contribution < 1.29 is 4.74 Å². The number of hydrogen-bond donors (Lipinski definition) is 0. The van der Waals surface area contributed by atoms with Crippen molar-refractivity contribution in [3.8, 4) is 12.3 Å². The Hall–Kier alpha value is -0.520. The first-order valence-electron chi connectivity index (χ1n) is 4.10. The average Bonchev–Trinajstić information content (AvgIpc) is 2.15. The van der Waals surface area contributed by atoms with Gasteiger partial charge in [0.15, 0.2) is 0 Å². The van der Waals surface area contributed by atoms with Crippen LogP contribution in [0, 0.1) is 12.3 Å². The van der Waals surface area contributed by atoms with E-state index in [0.29, 0.717) is 6.10 Å². The van der Waals surface area contributed by atoms with Crippen LogP contribution in [0.4, 0.5) is 0 Å². The standard InChI is InChI=1S/C9H15NO/c1-3-5-10-6-4-7-11-9(2)8-10/h1,9H,4-8H2,2H3. The Labute approximate surface area is 68.5 Å². The van der Waals surface area contributed by atoms with E-state index in [1.54, 1.807) is 0 Å². The van der Waals surface area contributed by atoms with E-state index in [9.17, 15) is 0 Å². The minimum Gasteiger partial charge on any atom is -0.377 e. The fourth-order valence-electron chi connectivity index (χ4n) is 1.35. The summed E-state index contributed by atoms with van der Waals surface area (Å²) in [5.41, 5.74) is 0. The molecule has 0 aromatic rings. The lowest BCUT2D eigenvalue weighted by Crippen LogP contribution is -2.30. The van der Waals surface area contributed by atoms with Crippen LogP contribution in [0.15, 0.2) is 0 Å². The highest BCUT2D eigenvalue weighted by atomic mass is 16.5. The second-order valence-electron chi connectivity index (χ2n) is 2.97. The van der Waals surface area contributed by atoms with Gasteiger partial charge in [-0.1, -0.05) is 5.92 Å². The van der Waals surface area contributed by atoms with Gasteiger partial charge in [0.1, 0.15) is 0 Å². The van der Waals surface area contributed by atoms with Crippen molar-refractivity contribution >= 4 is 0 Å². The molecule has 1 fully saturated rings. The molecule has 0 aromatic heterocycles. The molecular weight excluding hydrogens is 138 g/mol. The van der Waals surface area contributed by atoms with Crippen LogP contribution in [0.25, 0.3) is 0 Å². The summed E-state index contributed by atoms with van der Waals surface area (Å²) in [6.07, 6.45) is 6.67. The summed E-state index contributed by atoms with van der Waals surface area (Å²) in [6, 6.07) is 0. The number of nitrogens with zero attached hydrogens (tertiary/aromatic N) is 1. The van der Waals surface area contributed by atoms with Crippen LogP contribution in [0.1, 0.15) is 13.3 Å². The molecule has 0 aliphatic carbocycles. The minimum absolute atomic E-state index is 0.339. The molecule has 1 aliphatic heterocycles. The molecular formula is C9H15NO. The van der Waals surface area contributed by atoms with Crippen molar-refractivity contribution in [3.63, 3.8) is 0 Å². The molecule has 1 atom stereocenters. The summed E-state index contributed by atoms with van der Waals surface area (Å²) in [6.45, 7) is 5.78. The van der Waals surface area contributed by atoms with Crippen molar-refractivity contribution in [1.29, 1.82) is 0 Å². The third-order valence-corrected chi connectivity index (χ3v) is 1.85. The van der Waals surface area contributed by atoms with Crippen LogP contribution >= 0.6 is 0 Å². The lowest BCUT2D eigenvalue weighted by molar-refractivity contribution is 0.0695. The summed E-state index contributed by atoms with van der Waals surface area (Å²) in [4.78, 5) is 2.26. The molecule has 0 N–H and O–H groups in total. The average molecular weight is 153 g/mol. The molecule has 1 rings (SSSR count). The number of rotatable bonds is 1. The highest BCUT2D eigenvalue weighted by Crippen LogP contribution is 2.03. The Morgan fingerprint density at radius 1 is 1.73 bits per heavy atom. The molecule has 11 heavy (non-hydrogen) atoms. The highest BCUT2D eigenvalue weighted by Gasteiger charge is 2.12. The van der Waals surface area contributed by atoms with Crippen molar-refractivity contribution in [2.45, 2.75) is 19.4 Å². The summed E-state index contributed by atoms with van der Waals surface area (Å²) < 4.78 is 5.47. The van der Waals surface area contributed by atoms with Crippen LogP contribution in [0.3, 0.4) is 0 Å². The van der Waals surface area contributed by atoms with E-state index in [0.717, 1.165) is 32.7 Å². The Bertz CT molecular complexity index is 150. The topological polar surface area (TPSA) is 12.5 Å². The van der Waals surface area contributed by atoms with Crippen molar-refractivity contribution in [3.05, 3.63) is 0 Å². The Morgan fingerprint density at radius 2 is 2.55 bits per heavy atom. The van der Waals surface area contributed by atoms with Gasteiger partial charge in [-0.3, -0.25) is 4.90 Å². The van der Waals surface area contributed by atoms with Crippen LogP contribution in [0.5, 0.6) is 0 Å². The normalized spacial score (nSPS) is 27.5. The Kier molecular flexibility index (Phi) is 3.41. The van der Waals surface area contributed by atoms with Crippen LogP contribution < -0.4 is 0 Å². The number of hydrogen-bond acceptors (Lipinski definition) is 2.